The van der Waals surface area contributed by atoms with E-state index in [9.17, 15) is 9.59 Å². The van der Waals surface area contributed by atoms with Crippen molar-refractivity contribution in [1.82, 2.24) is 10.3 Å². The van der Waals surface area contributed by atoms with E-state index in [1.807, 2.05) is 12.3 Å². The third-order valence-corrected chi connectivity index (χ3v) is 3.06. The number of Topliss-reactive ketones (excluding diaryl/α,β-unsaturated/α-hetero) is 1. The first-order valence-corrected chi connectivity index (χ1v) is 6.47. The number of nitrogens with one attached hydrogen (secondary N) is 2. The molecule has 0 bridgehead atoms. The highest BCUT2D eigenvalue weighted by atomic mass is 16.2. The Morgan fingerprint density at radius 3 is 2.84 bits per heavy atom. The highest BCUT2D eigenvalue weighted by Crippen LogP contribution is 2.14. The predicted octanol–water partition coefficient (Wildman–Crippen LogP) is 2.20. The van der Waals surface area contributed by atoms with Crippen LogP contribution in [0.5, 0.6) is 0 Å². The van der Waals surface area contributed by atoms with E-state index < -0.39 is 0 Å². The van der Waals surface area contributed by atoms with Gasteiger partial charge in [0, 0.05) is 31.1 Å². The molecule has 19 heavy (non-hydrogen) atoms. The van der Waals surface area contributed by atoms with Crippen molar-refractivity contribution in [1.29, 1.82) is 0 Å². The molecule has 1 aromatic heterocycles. The number of aromatic amines is 1. The van der Waals surface area contributed by atoms with Gasteiger partial charge in [0.05, 0.1) is 0 Å². The van der Waals surface area contributed by atoms with Gasteiger partial charge in [0.25, 0.3) is 0 Å². The number of rotatable bonds is 6. The fourth-order valence-corrected chi connectivity index (χ4v) is 1.97. The number of ketones is 1. The summed E-state index contributed by atoms with van der Waals surface area (Å²) in [4.78, 5) is 25.4. The minimum Gasteiger partial charge on any atom is -0.361 e. The van der Waals surface area contributed by atoms with Crippen LogP contribution in [0.4, 0.5) is 0 Å². The Balaban J connectivity index is 1.78. The molecule has 0 atom stereocenters. The SMILES string of the molecule is CC(=O)CCC(=O)NCCc1ccc2cc[nH]c2c1. The topological polar surface area (TPSA) is 62.0 Å². The van der Waals surface area contributed by atoms with Gasteiger partial charge in [0.15, 0.2) is 0 Å². The van der Waals surface area contributed by atoms with Crippen molar-refractivity contribution in [3.63, 3.8) is 0 Å². The van der Waals surface area contributed by atoms with E-state index in [0.717, 1.165) is 11.9 Å². The second kappa shape index (κ2) is 6.18. The summed E-state index contributed by atoms with van der Waals surface area (Å²) in [6.07, 6.45) is 3.31. The molecule has 0 saturated heterocycles. The smallest absolute Gasteiger partial charge is 0.220 e. The number of aromatic nitrogens is 1. The zero-order valence-corrected chi connectivity index (χ0v) is 11.0. The molecule has 0 aliphatic heterocycles. The van der Waals surface area contributed by atoms with E-state index in [4.69, 9.17) is 0 Å². The van der Waals surface area contributed by atoms with Crippen molar-refractivity contribution >= 4 is 22.6 Å². The Hall–Kier alpha value is -2.10. The maximum Gasteiger partial charge on any atom is 0.220 e. The Labute approximate surface area is 112 Å². The van der Waals surface area contributed by atoms with Gasteiger partial charge >= 0.3 is 0 Å². The van der Waals surface area contributed by atoms with Crippen molar-refractivity contribution in [3.05, 3.63) is 36.0 Å². The van der Waals surface area contributed by atoms with Gasteiger partial charge in [-0.2, -0.15) is 0 Å². The highest BCUT2D eigenvalue weighted by molar-refractivity contribution is 5.83. The Morgan fingerprint density at radius 1 is 1.21 bits per heavy atom. The number of hydrogen-bond acceptors (Lipinski definition) is 2. The van der Waals surface area contributed by atoms with Crippen LogP contribution in [0.25, 0.3) is 10.9 Å². The van der Waals surface area contributed by atoms with Crippen molar-refractivity contribution in [3.8, 4) is 0 Å². The monoisotopic (exact) mass is 258 g/mol. The molecule has 0 saturated carbocycles. The first-order valence-electron chi connectivity index (χ1n) is 6.47. The number of carbonyl (C=O) groups is 2. The van der Waals surface area contributed by atoms with Gasteiger partial charge in [-0.3, -0.25) is 4.79 Å². The number of hydrogen-bond donors (Lipinski definition) is 2. The lowest BCUT2D eigenvalue weighted by Crippen LogP contribution is -2.25. The van der Waals surface area contributed by atoms with E-state index in [0.29, 0.717) is 13.0 Å². The van der Waals surface area contributed by atoms with Crippen LogP contribution in [0.2, 0.25) is 0 Å². The quantitative estimate of drug-likeness (QED) is 0.834. The molecule has 4 heteroatoms. The van der Waals surface area contributed by atoms with Crippen LogP contribution < -0.4 is 5.32 Å². The van der Waals surface area contributed by atoms with E-state index in [-0.39, 0.29) is 18.1 Å². The summed E-state index contributed by atoms with van der Waals surface area (Å²) in [7, 11) is 0. The van der Waals surface area contributed by atoms with Crippen LogP contribution in [0.1, 0.15) is 25.3 Å². The molecule has 100 valence electrons. The normalized spacial score (nSPS) is 10.6. The maximum atomic E-state index is 11.4. The lowest BCUT2D eigenvalue weighted by Gasteiger charge is -2.05. The van der Waals surface area contributed by atoms with Crippen LogP contribution in [0.15, 0.2) is 30.5 Å². The minimum absolute atomic E-state index is 0.0485. The van der Waals surface area contributed by atoms with Gasteiger partial charge in [0.1, 0.15) is 5.78 Å². The van der Waals surface area contributed by atoms with Gasteiger partial charge < -0.3 is 15.1 Å². The summed E-state index contributed by atoms with van der Waals surface area (Å²) in [5.41, 5.74) is 2.29. The summed E-state index contributed by atoms with van der Waals surface area (Å²) in [5.74, 6) is -0.0106. The zero-order chi connectivity index (χ0) is 13.7. The average Bonchev–Trinajstić information content (AvgIpc) is 2.83. The molecular formula is C15H18N2O2. The van der Waals surface area contributed by atoms with Gasteiger partial charge in [-0.05, 0) is 36.4 Å². The number of benzene rings is 1. The fraction of sp³-hybridized carbons (Fsp3) is 0.333. The molecule has 0 spiro atoms. The highest BCUT2D eigenvalue weighted by Gasteiger charge is 2.03. The van der Waals surface area contributed by atoms with Crippen LogP contribution in [-0.4, -0.2) is 23.2 Å². The molecule has 0 unspecified atom stereocenters. The predicted molar refractivity (Wildman–Crippen MR) is 74.9 cm³/mol. The standard InChI is InChI=1S/C15H18N2O2/c1-11(18)2-5-15(19)17-8-6-12-3-4-13-7-9-16-14(13)10-12/h3-4,7,9-10,16H,2,5-6,8H2,1H3,(H,17,19). The molecule has 0 radical (unpaired) electrons. The molecular weight excluding hydrogens is 240 g/mol. The van der Waals surface area contributed by atoms with Crippen molar-refractivity contribution in [2.45, 2.75) is 26.2 Å². The summed E-state index contributed by atoms with van der Waals surface area (Å²) in [6.45, 7) is 2.10. The fourth-order valence-electron chi connectivity index (χ4n) is 1.97. The Morgan fingerprint density at radius 2 is 2.05 bits per heavy atom. The molecule has 2 aromatic rings. The molecule has 0 aliphatic rings. The molecule has 2 N–H and O–H groups in total. The zero-order valence-electron chi connectivity index (χ0n) is 11.0. The van der Waals surface area contributed by atoms with Crippen molar-refractivity contribution < 1.29 is 9.59 Å². The molecule has 2 rings (SSSR count). The number of carbonyl (C=O) groups excluding carboxylic acids is 2. The number of amides is 1. The van der Waals surface area contributed by atoms with E-state index in [1.54, 1.807) is 0 Å². The molecule has 1 aromatic carbocycles. The van der Waals surface area contributed by atoms with Gasteiger partial charge in [0.2, 0.25) is 5.91 Å². The van der Waals surface area contributed by atoms with Crippen LogP contribution >= 0.6 is 0 Å². The van der Waals surface area contributed by atoms with E-state index in [2.05, 4.69) is 28.5 Å². The molecule has 0 fully saturated rings. The summed E-state index contributed by atoms with van der Waals surface area (Å²) >= 11 is 0. The molecule has 4 nitrogen and oxygen atoms in total. The lowest BCUT2D eigenvalue weighted by molar-refractivity contribution is -0.124. The van der Waals surface area contributed by atoms with Crippen LogP contribution in [0, 0.1) is 0 Å². The maximum absolute atomic E-state index is 11.4. The molecule has 1 heterocycles. The summed E-state index contributed by atoms with van der Waals surface area (Å²) < 4.78 is 0. The number of H-pyrrole nitrogens is 1. The lowest BCUT2D eigenvalue weighted by atomic mass is 10.1. The number of fused-ring (bicyclic) bond motifs is 1. The average molecular weight is 258 g/mol. The van der Waals surface area contributed by atoms with Gasteiger partial charge in [-0.25, -0.2) is 0 Å². The van der Waals surface area contributed by atoms with E-state index >= 15 is 0 Å². The molecule has 0 aliphatic carbocycles. The van der Waals surface area contributed by atoms with Crippen LogP contribution in [0.3, 0.4) is 0 Å². The largest absolute Gasteiger partial charge is 0.361 e. The Kier molecular flexibility index (Phi) is 4.34. The second-order valence-corrected chi connectivity index (χ2v) is 4.70. The van der Waals surface area contributed by atoms with Crippen molar-refractivity contribution in [2.24, 2.45) is 0 Å². The third kappa shape index (κ3) is 3.95. The van der Waals surface area contributed by atoms with Crippen LogP contribution in [-0.2, 0) is 16.0 Å². The first-order chi connectivity index (χ1) is 9.15. The van der Waals surface area contributed by atoms with Gasteiger partial charge in [-0.1, -0.05) is 12.1 Å². The third-order valence-electron chi connectivity index (χ3n) is 3.06. The van der Waals surface area contributed by atoms with E-state index in [1.165, 1.54) is 17.9 Å². The summed E-state index contributed by atoms with van der Waals surface area (Å²) in [6, 6.07) is 8.26. The second-order valence-electron chi connectivity index (χ2n) is 4.70. The van der Waals surface area contributed by atoms with Crippen molar-refractivity contribution in [2.75, 3.05) is 6.54 Å². The Bertz CT molecular complexity index is 587. The van der Waals surface area contributed by atoms with Gasteiger partial charge in [-0.15, -0.1) is 0 Å². The molecule has 1 amide bonds. The minimum atomic E-state index is -0.0591. The first kappa shape index (κ1) is 13.3. The summed E-state index contributed by atoms with van der Waals surface area (Å²) in [5, 5.41) is 4.02.